The molecule has 1 aromatic heterocycles. The van der Waals surface area contributed by atoms with Crippen LogP contribution in [0.2, 0.25) is 0 Å². The van der Waals surface area contributed by atoms with Crippen LogP contribution in [0.3, 0.4) is 0 Å². The maximum absolute atomic E-state index is 11.7. The molecule has 0 aliphatic carbocycles. The number of amides is 1. The molecule has 4 nitrogen and oxygen atoms in total. The summed E-state index contributed by atoms with van der Waals surface area (Å²) in [5.41, 5.74) is 2.52. The highest BCUT2D eigenvalue weighted by atomic mass is 32.2. The minimum absolute atomic E-state index is 0.0250. The van der Waals surface area contributed by atoms with Crippen molar-refractivity contribution >= 4 is 46.5 Å². The summed E-state index contributed by atoms with van der Waals surface area (Å²) >= 11 is 4.60. The number of benzene rings is 1. The van der Waals surface area contributed by atoms with Crippen molar-refractivity contribution in [2.75, 3.05) is 11.6 Å². The van der Waals surface area contributed by atoms with Crippen molar-refractivity contribution in [3.63, 3.8) is 0 Å². The Bertz CT molecular complexity index is 528. The van der Waals surface area contributed by atoms with Gasteiger partial charge in [0.1, 0.15) is 5.51 Å². The molecular formula is C12H13N3OS3. The first-order chi connectivity index (χ1) is 9.19. The number of aromatic nitrogens is 2. The minimum atomic E-state index is -0.0459. The Morgan fingerprint density at radius 3 is 2.68 bits per heavy atom. The fraction of sp³-hybridized carbons (Fsp3) is 0.250. The maximum atomic E-state index is 11.7. The molecule has 0 aliphatic rings. The maximum Gasteiger partial charge on any atom is 0.237 e. The first-order valence-electron chi connectivity index (χ1n) is 5.57. The molecule has 0 radical (unpaired) electrons. The molecule has 1 aromatic carbocycles. The summed E-state index contributed by atoms with van der Waals surface area (Å²) < 4.78 is 0.910. The highest BCUT2D eigenvalue weighted by Crippen LogP contribution is 2.29. The van der Waals surface area contributed by atoms with E-state index in [1.165, 1.54) is 23.1 Å². The summed E-state index contributed by atoms with van der Waals surface area (Å²) in [4.78, 5) is 12.8. The van der Waals surface area contributed by atoms with Crippen LogP contribution >= 0.6 is 34.9 Å². The van der Waals surface area contributed by atoms with E-state index in [0.717, 1.165) is 14.9 Å². The Balaban J connectivity index is 1.96. The van der Waals surface area contributed by atoms with Crippen LogP contribution < -0.4 is 5.32 Å². The van der Waals surface area contributed by atoms with Crippen LogP contribution in [0.25, 0.3) is 0 Å². The third-order valence-corrected chi connectivity index (χ3v) is 5.10. The van der Waals surface area contributed by atoms with Crippen LogP contribution in [0.15, 0.2) is 39.0 Å². The lowest BCUT2D eigenvalue weighted by Gasteiger charge is -2.09. The van der Waals surface area contributed by atoms with Gasteiger partial charge in [0.15, 0.2) is 4.34 Å². The molecule has 0 fully saturated rings. The summed E-state index contributed by atoms with van der Waals surface area (Å²) in [6.45, 7) is 1.89. The van der Waals surface area contributed by atoms with Crippen molar-refractivity contribution in [3.05, 3.63) is 29.8 Å². The van der Waals surface area contributed by atoms with E-state index in [-0.39, 0.29) is 11.2 Å². The number of anilines is 1. The van der Waals surface area contributed by atoms with E-state index < -0.39 is 0 Å². The fourth-order valence-electron chi connectivity index (χ4n) is 1.27. The first kappa shape index (κ1) is 14.4. The lowest BCUT2D eigenvalue weighted by molar-refractivity contribution is -0.115. The largest absolute Gasteiger partial charge is 0.325 e. The van der Waals surface area contributed by atoms with Gasteiger partial charge in [-0.25, -0.2) is 0 Å². The van der Waals surface area contributed by atoms with Crippen LogP contribution in [0.1, 0.15) is 6.92 Å². The Hall–Kier alpha value is -1.05. The normalized spacial score (nSPS) is 12.1. The second-order valence-corrected chi connectivity index (χ2v) is 7.03. The van der Waals surface area contributed by atoms with Crippen LogP contribution in [0, 0.1) is 0 Å². The van der Waals surface area contributed by atoms with E-state index in [1.54, 1.807) is 17.3 Å². The van der Waals surface area contributed by atoms with Gasteiger partial charge in [0.25, 0.3) is 0 Å². The molecule has 0 aliphatic heterocycles. The van der Waals surface area contributed by atoms with Gasteiger partial charge in [-0.1, -0.05) is 23.1 Å². The van der Waals surface area contributed by atoms with Crippen LogP contribution in [-0.4, -0.2) is 27.6 Å². The van der Waals surface area contributed by atoms with E-state index in [1.807, 2.05) is 37.4 Å². The number of hydrogen-bond acceptors (Lipinski definition) is 6. The predicted molar refractivity (Wildman–Crippen MR) is 82.1 cm³/mol. The highest BCUT2D eigenvalue weighted by molar-refractivity contribution is 8.01. The van der Waals surface area contributed by atoms with E-state index in [9.17, 15) is 4.79 Å². The second-order valence-electron chi connectivity index (χ2n) is 3.70. The zero-order valence-electron chi connectivity index (χ0n) is 10.5. The minimum Gasteiger partial charge on any atom is -0.325 e. The van der Waals surface area contributed by atoms with Crippen LogP contribution in [-0.2, 0) is 4.79 Å². The van der Waals surface area contributed by atoms with E-state index in [2.05, 4.69) is 15.5 Å². The van der Waals surface area contributed by atoms with Crippen molar-refractivity contribution < 1.29 is 4.79 Å². The zero-order valence-corrected chi connectivity index (χ0v) is 12.9. The van der Waals surface area contributed by atoms with Gasteiger partial charge in [-0.2, -0.15) is 11.8 Å². The molecule has 7 heteroatoms. The fourth-order valence-corrected chi connectivity index (χ4v) is 2.99. The quantitative estimate of drug-likeness (QED) is 0.917. The number of carbonyl (C=O) groups is 1. The smallest absolute Gasteiger partial charge is 0.237 e. The summed E-state index contributed by atoms with van der Waals surface area (Å²) in [6, 6.07) is 7.72. The number of carbonyl (C=O) groups excluding carboxylic acids is 1. The number of nitrogens with one attached hydrogen (secondary N) is 1. The predicted octanol–water partition coefficient (Wildman–Crippen LogP) is 3.38. The van der Waals surface area contributed by atoms with Crippen LogP contribution in [0.4, 0.5) is 5.69 Å². The van der Waals surface area contributed by atoms with Gasteiger partial charge in [0, 0.05) is 10.6 Å². The molecule has 0 saturated carbocycles. The van der Waals surface area contributed by atoms with Gasteiger partial charge in [0.05, 0.1) is 5.25 Å². The summed E-state index contributed by atoms with van der Waals surface area (Å²) in [5.74, 6) is 0.0250. The van der Waals surface area contributed by atoms with Gasteiger partial charge >= 0.3 is 0 Å². The molecule has 2 aromatic rings. The number of nitrogens with zero attached hydrogens (tertiary/aromatic N) is 2. The molecule has 1 heterocycles. The van der Waals surface area contributed by atoms with Gasteiger partial charge < -0.3 is 5.32 Å². The van der Waals surface area contributed by atoms with Crippen molar-refractivity contribution in [2.24, 2.45) is 0 Å². The summed E-state index contributed by atoms with van der Waals surface area (Å²) in [6.07, 6.45) is 1.92. The molecule has 19 heavy (non-hydrogen) atoms. The highest BCUT2D eigenvalue weighted by Gasteiger charge is 2.11. The average Bonchev–Trinajstić information content (AvgIpc) is 2.93. The molecule has 100 valence electrons. The lowest BCUT2D eigenvalue weighted by Crippen LogP contribution is -2.21. The zero-order chi connectivity index (χ0) is 13.7. The van der Waals surface area contributed by atoms with Gasteiger partial charge in [0.2, 0.25) is 5.91 Å². The molecule has 1 unspecified atom stereocenters. The Labute approximate surface area is 124 Å². The number of hydrogen-bond donors (Lipinski definition) is 1. The molecule has 0 spiro atoms. The van der Waals surface area contributed by atoms with E-state index >= 15 is 0 Å². The van der Waals surface area contributed by atoms with Gasteiger partial charge in [-0.05, 0) is 37.4 Å². The Kier molecular flexibility index (Phi) is 5.24. The first-order valence-corrected chi connectivity index (χ1v) is 8.55. The Morgan fingerprint density at radius 2 is 2.11 bits per heavy atom. The number of rotatable bonds is 5. The molecule has 2 rings (SSSR count). The standard InChI is InChI=1S/C12H13N3OS3/c1-8(17-2)11(16)14-9-3-5-10(6-4-9)19-12-15-13-7-18-12/h3-8H,1-2H3,(H,14,16). The molecule has 1 N–H and O–H groups in total. The molecule has 0 bridgehead atoms. The van der Waals surface area contributed by atoms with E-state index in [4.69, 9.17) is 0 Å². The third kappa shape index (κ3) is 4.22. The number of thioether (sulfide) groups is 1. The SMILES string of the molecule is CSC(C)C(=O)Nc1ccc(Sc2nncs2)cc1. The summed E-state index contributed by atoms with van der Waals surface area (Å²) in [5, 5.41) is 10.6. The average molecular weight is 311 g/mol. The van der Waals surface area contributed by atoms with Gasteiger partial charge in [-0.3, -0.25) is 4.79 Å². The van der Waals surface area contributed by atoms with Crippen molar-refractivity contribution in [3.8, 4) is 0 Å². The molecule has 1 atom stereocenters. The van der Waals surface area contributed by atoms with Crippen molar-refractivity contribution in [1.29, 1.82) is 0 Å². The lowest BCUT2D eigenvalue weighted by atomic mass is 10.3. The Morgan fingerprint density at radius 1 is 1.37 bits per heavy atom. The molecule has 0 saturated heterocycles. The van der Waals surface area contributed by atoms with Crippen LogP contribution in [0.5, 0.6) is 0 Å². The van der Waals surface area contributed by atoms with Crippen molar-refractivity contribution in [2.45, 2.75) is 21.4 Å². The van der Waals surface area contributed by atoms with Crippen molar-refractivity contribution in [1.82, 2.24) is 10.2 Å². The van der Waals surface area contributed by atoms with Gasteiger partial charge in [-0.15, -0.1) is 10.2 Å². The molecular weight excluding hydrogens is 298 g/mol. The summed E-state index contributed by atoms with van der Waals surface area (Å²) in [7, 11) is 0. The second kappa shape index (κ2) is 6.93. The molecule has 1 amide bonds. The third-order valence-electron chi connectivity index (χ3n) is 2.39. The topological polar surface area (TPSA) is 54.9 Å². The van der Waals surface area contributed by atoms with E-state index in [0.29, 0.717) is 0 Å². The monoisotopic (exact) mass is 311 g/mol.